The third-order valence-electron chi connectivity index (χ3n) is 2.57. The van der Waals surface area contributed by atoms with E-state index in [4.69, 9.17) is 11.6 Å². The van der Waals surface area contributed by atoms with Gasteiger partial charge in [0, 0.05) is 18.1 Å². The molecule has 0 atom stereocenters. The quantitative estimate of drug-likeness (QED) is 0.628. The fraction of sp³-hybridized carbons (Fsp3) is 0.308. The van der Waals surface area contributed by atoms with Crippen LogP contribution >= 0.6 is 22.9 Å². The van der Waals surface area contributed by atoms with Gasteiger partial charge in [0.05, 0.1) is 18.1 Å². The second-order valence-corrected chi connectivity index (χ2v) is 5.30. The first-order chi connectivity index (χ1) is 9.10. The van der Waals surface area contributed by atoms with Gasteiger partial charge in [0.15, 0.2) is 10.9 Å². The van der Waals surface area contributed by atoms with E-state index in [1.54, 1.807) is 5.38 Å². The Labute approximate surface area is 121 Å². The Hall–Kier alpha value is -1.46. The van der Waals surface area contributed by atoms with Gasteiger partial charge < -0.3 is 4.90 Å². The monoisotopic (exact) mass is 295 g/mol. The summed E-state index contributed by atoms with van der Waals surface area (Å²) in [5, 5.41) is 2.53. The molecule has 0 fully saturated rings. The number of aryl methyl sites for hydroxylation is 1. The molecule has 0 unspecified atom stereocenters. The van der Waals surface area contributed by atoms with Crippen molar-refractivity contribution in [3.63, 3.8) is 0 Å². The van der Waals surface area contributed by atoms with Crippen LogP contribution in [0.4, 0.5) is 5.13 Å². The highest BCUT2D eigenvalue weighted by molar-refractivity contribution is 7.13. The van der Waals surface area contributed by atoms with Gasteiger partial charge in [-0.25, -0.2) is 4.98 Å². The third-order valence-corrected chi connectivity index (χ3v) is 3.77. The Morgan fingerprint density at radius 1 is 1.42 bits per heavy atom. The lowest BCUT2D eigenvalue weighted by molar-refractivity contribution is 0.101. The normalized spacial score (nSPS) is 10.5. The lowest BCUT2D eigenvalue weighted by atomic mass is 10.3. The number of aromatic nitrogens is 2. The van der Waals surface area contributed by atoms with Crippen molar-refractivity contribution in [2.75, 3.05) is 17.8 Å². The number of anilines is 1. The van der Waals surface area contributed by atoms with Crippen LogP contribution in [-0.4, -0.2) is 28.7 Å². The van der Waals surface area contributed by atoms with E-state index in [1.165, 1.54) is 11.3 Å². The fourth-order valence-corrected chi connectivity index (χ4v) is 2.57. The van der Waals surface area contributed by atoms with Crippen molar-refractivity contribution < 1.29 is 4.79 Å². The molecule has 100 valence electrons. The standard InChI is InChI=1S/C13H14ClN3OS/c1-9-4-3-5-10(15-9)7-17(2)13-16-11(8-19-13)12(18)6-14/h3-5,8H,6-7H2,1-2H3. The van der Waals surface area contributed by atoms with E-state index in [0.29, 0.717) is 12.2 Å². The van der Waals surface area contributed by atoms with Crippen molar-refractivity contribution in [2.45, 2.75) is 13.5 Å². The Kier molecular flexibility index (Phi) is 4.50. The lowest BCUT2D eigenvalue weighted by Crippen LogP contribution is -2.17. The summed E-state index contributed by atoms with van der Waals surface area (Å²) < 4.78 is 0. The predicted octanol–water partition coefficient (Wildman–Crippen LogP) is 2.90. The fourth-order valence-electron chi connectivity index (χ4n) is 1.63. The molecular formula is C13H14ClN3OS. The summed E-state index contributed by atoms with van der Waals surface area (Å²) >= 11 is 6.95. The van der Waals surface area contributed by atoms with Gasteiger partial charge in [-0.15, -0.1) is 22.9 Å². The molecule has 0 aliphatic rings. The number of ketones is 1. The van der Waals surface area contributed by atoms with Crippen LogP contribution in [0.3, 0.4) is 0 Å². The summed E-state index contributed by atoms with van der Waals surface area (Å²) in [5.41, 5.74) is 2.39. The van der Waals surface area contributed by atoms with Crippen molar-refractivity contribution in [1.29, 1.82) is 0 Å². The Balaban J connectivity index is 2.09. The van der Waals surface area contributed by atoms with Crippen LogP contribution in [-0.2, 0) is 6.54 Å². The van der Waals surface area contributed by atoms with Gasteiger partial charge in [-0.1, -0.05) is 6.07 Å². The van der Waals surface area contributed by atoms with Gasteiger partial charge in [0.2, 0.25) is 0 Å². The Morgan fingerprint density at radius 2 is 2.21 bits per heavy atom. The molecule has 0 aromatic carbocycles. The highest BCUT2D eigenvalue weighted by atomic mass is 35.5. The number of halogens is 1. The molecule has 2 rings (SSSR count). The molecule has 0 aliphatic heterocycles. The van der Waals surface area contributed by atoms with Crippen LogP contribution in [0.15, 0.2) is 23.6 Å². The van der Waals surface area contributed by atoms with Gasteiger partial charge in [-0.05, 0) is 19.1 Å². The van der Waals surface area contributed by atoms with Crippen LogP contribution in [0.25, 0.3) is 0 Å². The highest BCUT2D eigenvalue weighted by Gasteiger charge is 2.12. The van der Waals surface area contributed by atoms with Gasteiger partial charge >= 0.3 is 0 Å². The molecule has 0 saturated heterocycles. The molecule has 19 heavy (non-hydrogen) atoms. The second-order valence-electron chi connectivity index (χ2n) is 4.20. The SMILES string of the molecule is Cc1cccc(CN(C)c2nc(C(=O)CCl)cs2)n1. The number of nitrogens with zero attached hydrogens (tertiary/aromatic N) is 3. The first kappa shape index (κ1) is 14.0. The van der Waals surface area contributed by atoms with E-state index < -0.39 is 0 Å². The van der Waals surface area contributed by atoms with Crippen molar-refractivity contribution in [2.24, 2.45) is 0 Å². The number of rotatable bonds is 5. The summed E-state index contributed by atoms with van der Waals surface area (Å²) in [6.45, 7) is 2.62. The first-order valence-corrected chi connectivity index (χ1v) is 7.20. The number of Topliss-reactive ketones (excluding diaryl/α,β-unsaturated/α-hetero) is 1. The number of thiazole rings is 1. The van der Waals surface area contributed by atoms with Crippen molar-refractivity contribution in [3.05, 3.63) is 40.7 Å². The average molecular weight is 296 g/mol. The maximum Gasteiger partial charge on any atom is 0.196 e. The summed E-state index contributed by atoms with van der Waals surface area (Å²) in [7, 11) is 1.93. The Bertz CT molecular complexity index is 585. The second kappa shape index (κ2) is 6.12. The number of alkyl halides is 1. The zero-order chi connectivity index (χ0) is 13.8. The van der Waals surface area contributed by atoms with Crippen molar-refractivity contribution in [1.82, 2.24) is 9.97 Å². The minimum absolute atomic E-state index is 0.0354. The molecule has 0 N–H and O–H groups in total. The number of hydrogen-bond acceptors (Lipinski definition) is 5. The van der Waals surface area contributed by atoms with Gasteiger partial charge in [0.1, 0.15) is 5.69 Å². The van der Waals surface area contributed by atoms with Gasteiger partial charge in [-0.3, -0.25) is 9.78 Å². The molecule has 0 amide bonds. The first-order valence-electron chi connectivity index (χ1n) is 5.78. The summed E-state index contributed by atoms with van der Waals surface area (Å²) in [4.78, 5) is 22.1. The molecule has 0 radical (unpaired) electrons. The number of hydrogen-bond donors (Lipinski definition) is 0. The topological polar surface area (TPSA) is 46.1 Å². The third kappa shape index (κ3) is 3.52. The van der Waals surface area contributed by atoms with Crippen LogP contribution in [0, 0.1) is 6.92 Å². The minimum Gasteiger partial charge on any atom is -0.345 e. The minimum atomic E-state index is -0.147. The molecule has 2 aromatic heterocycles. The zero-order valence-electron chi connectivity index (χ0n) is 10.8. The predicted molar refractivity (Wildman–Crippen MR) is 78.2 cm³/mol. The van der Waals surface area contributed by atoms with E-state index in [-0.39, 0.29) is 11.7 Å². The van der Waals surface area contributed by atoms with Gasteiger partial charge in [-0.2, -0.15) is 0 Å². The highest BCUT2D eigenvalue weighted by Crippen LogP contribution is 2.21. The van der Waals surface area contributed by atoms with Crippen LogP contribution in [0.2, 0.25) is 0 Å². The van der Waals surface area contributed by atoms with Gasteiger partial charge in [0.25, 0.3) is 0 Å². The molecule has 4 nitrogen and oxygen atoms in total. The van der Waals surface area contributed by atoms with Crippen LogP contribution in [0.5, 0.6) is 0 Å². The Morgan fingerprint density at radius 3 is 2.89 bits per heavy atom. The number of pyridine rings is 1. The van der Waals surface area contributed by atoms with Crippen LogP contribution in [0.1, 0.15) is 21.9 Å². The summed E-state index contributed by atoms with van der Waals surface area (Å²) in [6.07, 6.45) is 0. The zero-order valence-corrected chi connectivity index (χ0v) is 12.3. The average Bonchev–Trinajstić information content (AvgIpc) is 2.87. The maximum absolute atomic E-state index is 11.4. The lowest BCUT2D eigenvalue weighted by Gasteiger charge is -2.15. The molecule has 0 bridgehead atoms. The van der Waals surface area contributed by atoms with E-state index in [9.17, 15) is 4.79 Å². The molecule has 2 aromatic rings. The largest absolute Gasteiger partial charge is 0.345 e. The molecule has 0 spiro atoms. The maximum atomic E-state index is 11.4. The molecule has 0 saturated carbocycles. The molecule has 0 aliphatic carbocycles. The van der Waals surface area contributed by atoms with Crippen molar-refractivity contribution >= 4 is 33.9 Å². The van der Waals surface area contributed by atoms with E-state index in [1.807, 2.05) is 37.1 Å². The van der Waals surface area contributed by atoms with E-state index >= 15 is 0 Å². The number of carbonyl (C=O) groups is 1. The summed E-state index contributed by atoms with van der Waals surface area (Å²) in [5.74, 6) is -0.182. The van der Waals surface area contributed by atoms with E-state index in [2.05, 4.69) is 9.97 Å². The van der Waals surface area contributed by atoms with Crippen LogP contribution < -0.4 is 4.90 Å². The van der Waals surface area contributed by atoms with Crippen molar-refractivity contribution in [3.8, 4) is 0 Å². The number of carbonyl (C=O) groups excluding carboxylic acids is 1. The summed E-state index contributed by atoms with van der Waals surface area (Å²) in [6, 6.07) is 5.92. The smallest absolute Gasteiger partial charge is 0.196 e. The molecular weight excluding hydrogens is 282 g/mol. The molecule has 2 heterocycles. The van der Waals surface area contributed by atoms with E-state index in [0.717, 1.165) is 16.5 Å². The molecule has 6 heteroatoms.